The van der Waals surface area contributed by atoms with Gasteiger partial charge in [-0.05, 0) is 68.0 Å². The minimum atomic E-state index is -0.336. The Balaban J connectivity index is 1.51. The van der Waals surface area contributed by atoms with Gasteiger partial charge in [0.15, 0.2) is 0 Å². The normalized spacial score (nSPS) is 15.5. The standard InChI is InChI=1S/C27H25N3OS2/c1-2-23(33-26-19(17-28)16-18-10-4-3-5-11-20(18)29-26)27(31)30-21-12-6-8-14-24(21)32-25-15-9-7-13-22(25)30/h6-9,12-16,23H,2-5,10-11H2,1H3. The smallest absolute Gasteiger partial charge is 0.245 e. The quantitative estimate of drug-likeness (QED) is 0.305. The van der Waals surface area contributed by atoms with Crippen LogP contribution in [0.1, 0.15) is 49.4 Å². The molecule has 1 amide bonds. The number of carbonyl (C=O) groups excluding carboxylic acids is 1. The summed E-state index contributed by atoms with van der Waals surface area (Å²) in [6, 6.07) is 20.4. The zero-order valence-electron chi connectivity index (χ0n) is 18.6. The monoisotopic (exact) mass is 471 g/mol. The number of anilines is 2. The highest BCUT2D eigenvalue weighted by Crippen LogP contribution is 2.49. The van der Waals surface area contributed by atoms with E-state index in [9.17, 15) is 10.1 Å². The van der Waals surface area contributed by atoms with Gasteiger partial charge in [0.25, 0.3) is 0 Å². The third-order valence-corrected chi connectivity index (χ3v) is 8.67. The summed E-state index contributed by atoms with van der Waals surface area (Å²) < 4.78 is 0. The Hall–Kier alpha value is -2.75. The summed E-state index contributed by atoms with van der Waals surface area (Å²) in [6.07, 6.45) is 6.06. The van der Waals surface area contributed by atoms with Crippen LogP contribution in [0.5, 0.6) is 0 Å². The van der Waals surface area contributed by atoms with Crippen molar-refractivity contribution < 1.29 is 4.79 Å². The van der Waals surface area contributed by atoms with Gasteiger partial charge in [0.05, 0.1) is 22.2 Å². The maximum absolute atomic E-state index is 14.0. The number of nitrogens with zero attached hydrogens (tertiary/aromatic N) is 3. The van der Waals surface area contributed by atoms with Gasteiger partial charge in [0, 0.05) is 15.5 Å². The fourth-order valence-electron chi connectivity index (χ4n) is 4.49. The summed E-state index contributed by atoms with van der Waals surface area (Å²) in [5, 5.41) is 10.2. The van der Waals surface area contributed by atoms with E-state index >= 15 is 0 Å². The van der Waals surface area contributed by atoms with Crippen LogP contribution in [0.3, 0.4) is 0 Å². The predicted octanol–water partition coefficient (Wildman–Crippen LogP) is 6.92. The summed E-state index contributed by atoms with van der Waals surface area (Å²) in [7, 11) is 0. The molecule has 3 aromatic rings. The molecule has 1 aliphatic heterocycles. The summed E-state index contributed by atoms with van der Waals surface area (Å²) in [5.41, 5.74) is 4.72. The first kappa shape index (κ1) is 22.1. The molecule has 0 N–H and O–H groups in total. The van der Waals surface area contributed by atoms with Crippen LogP contribution >= 0.6 is 23.5 Å². The molecule has 0 radical (unpaired) electrons. The van der Waals surface area contributed by atoms with Crippen molar-refractivity contribution >= 4 is 40.8 Å². The van der Waals surface area contributed by atoms with Crippen LogP contribution < -0.4 is 4.90 Å². The maximum atomic E-state index is 14.0. The first-order valence-electron chi connectivity index (χ1n) is 11.5. The zero-order chi connectivity index (χ0) is 22.8. The third kappa shape index (κ3) is 4.28. The van der Waals surface area contributed by atoms with Gasteiger partial charge in [-0.1, -0.05) is 61.1 Å². The van der Waals surface area contributed by atoms with Gasteiger partial charge in [0.1, 0.15) is 11.1 Å². The van der Waals surface area contributed by atoms with Crippen molar-refractivity contribution in [2.75, 3.05) is 4.90 Å². The van der Waals surface area contributed by atoms with E-state index in [-0.39, 0.29) is 11.2 Å². The Bertz CT molecular complexity index is 1200. The van der Waals surface area contributed by atoms with Crippen molar-refractivity contribution in [2.24, 2.45) is 0 Å². The summed E-state index contributed by atoms with van der Waals surface area (Å²) >= 11 is 3.13. The molecule has 2 aromatic carbocycles. The summed E-state index contributed by atoms with van der Waals surface area (Å²) in [5.74, 6) is 0.0309. The minimum Gasteiger partial charge on any atom is -0.278 e. The Morgan fingerprint density at radius 3 is 2.42 bits per heavy atom. The van der Waals surface area contributed by atoms with Crippen molar-refractivity contribution in [1.82, 2.24) is 4.98 Å². The van der Waals surface area contributed by atoms with E-state index in [4.69, 9.17) is 4.98 Å². The largest absolute Gasteiger partial charge is 0.278 e. The number of pyridine rings is 1. The lowest BCUT2D eigenvalue weighted by molar-refractivity contribution is -0.117. The molecule has 2 aliphatic rings. The fraction of sp³-hybridized carbons (Fsp3) is 0.296. The zero-order valence-corrected chi connectivity index (χ0v) is 20.2. The second kappa shape index (κ2) is 9.62. The van der Waals surface area contributed by atoms with E-state index < -0.39 is 0 Å². The lowest BCUT2D eigenvalue weighted by Gasteiger charge is -2.33. The molecular weight excluding hydrogens is 446 g/mol. The number of nitriles is 1. The van der Waals surface area contributed by atoms with Crippen LogP contribution in [0.2, 0.25) is 0 Å². The van der Waals surface area contributed by atoms with Gasteiger partial charge < -0.3 is 0 Å². The van der Waals surface area contributed by atoms with E-state index in [0.717, 1.165) is 52.5 Å². The number of benzene rings is 2. The van der Waals surface area contributed by atoms with Crippen LogP contribution in [-0.4, -0.2) is 16.1 Å². The summed E-state index contributed by atoms with van der Waals surface area (Å²) in [4.78, 5) is 22.9. The molecule has 1 aromatic heterocycles. The van der Waals surface area contributed by atoms with Gasteiger partial charge in [-0.3, -0.25) is 9.69 Å². The molecule has 2 heterocycles. The molecule has 0 bridgehead atoms. The molecule has 0 saturated carbocycles. The number of aryl methyl sites for hydroxylation is 2. The second-order valence-electron chi connectivity index (χ2n) is 8.35. The van der Waals surface area contributed by atoms with Crippen LogP contribution in [0.25, 0.3) is 0 Å². The number of hydrogen-bond donors (Lipinski definition) is 0. The maximum Gasteiger partial charge on any atom is 0.245 e. The van der Waals surface area contributed by atoms with Crippen LogP contribution in [-0.2, 0) is 17.6 Å². The molecule has 33 heavy (non-hydrogen) atoms. The summed E-state index contributed by atoms with van der Waals surface area (Å²) in [6.45, 7) is 2.03. The number of hydrogen-bond acceptors (Lipinski definition) is 5. The van der Waals surface area contributed by atoms with Gasteiger partial charge >= 0.3 is 0 Å². The molecule has 0 fully saturated rings. The third-order valence-electron chi connectivity index (χ3n) is 6.19. The van der Waals surface area contributed by atoms with Crippen molar-refractivity contribution in [3.8, 4) is 6.07 Å². The first-order valence-corrected chi connectivity index (χ1v) is 13.2. The molecule has 4 nitrogen and oxygen atoms in total. The number of aromatic nitrogens is 1. The van der Waals surface area contributed by atoms with Crippen molar-refractivity contribution in [3.05, 3.63) is 71.4 Å². The Labute approximate surface area is 203 Å². The molecule has 6 heteroatoms. The lowest BCUT2D eigenvalue weighted by atomic mass is 10.1. The van der Waals surface area contributed by atoms with Crippen molar-refractivity contribution in [2.45, 2.75) is 65.5 Å². The lowest BCUT2D eigenvalue weighted by Crippen LogP contribution is -2.35. The molecule has 166 valence electrons. The molecular formula is C27H25N3OS2. The average molecular weight is 472 g/mol. The van der Waals surface area contributed by atoms with Gasteiger partial charge in [0.2, 0.25) is 5.91 Å². The van der Waals surface area contributed by atoms with Crippen molar-refractivity contribution in [1.29, 1.82) is 5.26 Å². The fourth-order valence-corrected chi connectivity index (χ4v) is 6.59. The Kier molecular flexibility index (Phi) is 6.43. The van der Waals surface area contributed by atoms with Crippen LogP contribution in [0, 0.1) is 11.3 Å². The SMILES string of the molecule is CCC(Sc1nc2c(cc1C#N)CCCCC2)C(=O)N1c2ccccc2Sc2ccccc21. The number of para-hydroxylation sites is 2. The average Bonchev–Trinajstić information content (AvgIpc) is 3.09. The number of carbonyl (C=O) groups is 1. The molecule has 1 atom stereocenters. The topological polar surface area (TPSA) is 57.0 Å². The molecule has 0 spiro atoms. The Morgan fingerprint density at radius 1 is 1.09 bits per heavy atom. The number of fused-ring (bicyclic) bond motifs is 3. The van der Waals surface area contributed by atoms with E-state index in [1.54, 1.807) is 11.8 Å². The number of amides is 1. The van der Waals surface area contributed by atoms with E-state index in [1.165, 1.54) is 23.7 Å². The van der Waals surface area contributed by atoms with Crippen molar-refractivity contribution in [3.63, 3.8) is 0 Å². The Morgan fingerprint density at radius 2 is 1.76 bits per heavy atom. The first-order chi connectivity index (χ1) is 16.2. The van der Waals surface area contributed by atoms with Gasteiger partial charge in [-0.2, -0.15) is 5.26 Å². The highest BCUT2D eigenvalue weighted by Gasteiger charge is 2.33. The van der Waals surface area contributed by atoms with E-state index in [0.29, 0.717) is 17.0 Å². The van der Waals surface area contributed by atoms with Gasteiger partial charge in [-0.15, -0.1) is 0 Å². The van der Waals surface area contributed by atoms with Crippen LogP contribution in [0.15, 0.2) is 69.4 Å². The molecule has 1 unspecified atom stereocenters. The van der Waals surface area contributed by atoms with E-state index in [1.807, 2.05) is 54.3 Å². The highest BCUT2D eigenvalue weighted by molar-refractivity contribution is 8.00. The molecule has 0 saturated heterocycles. The number of rotatable bonds is 4. The highest BCUT2D eigenvalue weighted by atomic mass is 32.2. The minimum absolute atomic E-state index is 0.0309. The second-order valence-corrected chi connectivity index (χ2v) is 10.6. The molecule has 5 rings (SSSR count). The number of thioether (sulfide) groups is 1. The van der Waals surface area contributed by atoms with Gasteiger partial charge in [-0.25, -0.2) is 4.98 Å². The van der Waals surface area contributed by atoms with E-state index in [2.05, 4.69) is 18.2 Å². The van der Waals surface area contributed by atoms with Crippen LogP contribution in [0.4, 0.5) is 11.4 Å². The molecule has 1 aliphatic carbocycles. The predicted molar refractivity (Wildman–Crippen MR) is 134 cm³/mol.